The van der Waals surface area contributed by atoms with E-state index in [-0.39, 0.29) is 11.0 Å². The molecule has 1 atom stereocenters. The molecule has 0 aliphatic rings. The third-order valence-electron chi connectivity index (χ3n) is 3.12. The van der Waals surface area contributed by atoms with Gasteiger partial charge in [-0.25, -0.2) is 0 Å². The first-order valence-corrected chi connectivity index (χ1v) is 8.25. The number of hydrogen-bond donors (Lipinski definition) is 3. The van der Waals surface area contributed by atoms with Crippen molar-refractivity contribution in [1.29, 1.82) is 0 Å². The van der Waals surface area contributed by atoms with Crippen molar-refractivity contribution in [2.24, 2.45) is 0 Å². The number of thiocarbonyl (C=S) groups is 1. The van der Waals surface area contributed by atoms with E-state index in [1.807, 2.05) is 13.0 Å². The van der Waals surface area contributed by atoms with Gasteiger partial charge in [0.05, 0.1) is 19.4 Å². The van der Waals surface area contributed by atoms with Crippen LogP contribution in [0.25, 0.3) is 0 Å². The Labute approximate surface area is 151 Å². The lowest BCUT2D eigenvalue weighted by Crippen LogP contribution is -2.50. The van der Waals surface area contributed by atoms with Crippen molar-refractivity contribution in [3.63, 3.8) is 0 Å². The second kappa shape index (κ2) is 9.53. The molecule has 3 N–H and O–H groups in total. The number of hydrazine groups is 1. The van der Waals surface area contributed by atoms with Gasteiger partial charge in [-0.3, -0.25) is 15.6 Å². The molecular formula is C17H21N3O4S. The molecule has 1 amide bonds. The van der Waals surface area contributed by atoms with Gasteiger partial charge in [0.1, 0.15) is 17.3 Å². The van der Waals surface area contributed by atoms with Crippen molar-refractivity contribution in [1.82, 2.24) is 16.2 Å². The summed E-state index contributed by atoms with van der Waals surface area (Å²) in [6.45, 7) is 4.58. The SMILES string of the molecule is CCOc1ccc(O[C@H](C)C(=O)NNC(=S)NCc2ccco2)cc1. The van der Waals surface area contributed by atoms with Crippen LogP contribution < -0.4 is 25.6 Å². The molecule has 0 fully saturated rings. The van der Waals surface area contributed by atoms with E-state index in [1.165, 1.54) is 0 Å². The molecule has 0 saturated carbocycles. The Kier molecular flexibility index (Phi) is 7.09. The van der Waals surface area contributed by atoms with Crippen LogP contribution in [0.5, 0.6) is 11.5 Å². The molecule has 0 aliphatic carbocycles. The van der Waals surface area contributed by atoms with Gasteiger partial charge in [0.15, 0.2) is 11.2 Å². The van der Waals surface area contributed by atoms with E-state index in [0.29, 0.717) is 18.9 Å². The molecule has 0 aliphatic heterocycles. The molecular weight excluding hydrogens is 342 g/mol. The number of carbonyl (C=O) groups excluding carboxylic acids is 1. The summed E-state index contributed by atoms with van der Waals surface area (Å²) in [6.07, 6.45) is 0.883. The fourth-order valence-electron chi connectivity index (χ4n) is 1.88. The van der Waals surface area contributed by atoms with Crippen LogP contribution in [0.3, 0.4) is 0 Å². The van der Waals surface area contributed by atoms with E-state index < -0.39 is 6.10 Å². The number of carbonyl (C=O) groups is 1. The molecule has 0 spiro atoms. The summed E-state index contributed by atoms with van der Waals surface area (Å²) in [4.78, 5) is 12.0. The number of furan rings is 1. The normalized spacial score (nSPS) is 11.3. The second-order valence-electron chi connectivity index (χ2n) is 5.04. The predicted molar refractivity (Wildman–Crippen MR) is 97.1 cm³/mol. The first-order valence-electron chi connectivity index (χ1n) is 7.84. The molecule has 2 aromatic rings. The van der Waals surface area contributed by atoms with Gasteiger partial charge in [-0.1, -0.05) is 0 Å². The second-order valence-corrected chi connectivity index (χ2v) is 5.45. The Morgan fingerprint density at radius 2 is 1.92 bits per heavy atom. The van der Waals surface area contributed by atoms with Crippen LogP contribution in [0.4, 0.5) is 0 Å². The third-order valence-corrected chi connectivity index (χ3v) is 3.37. The first-order chi connectivity index (χ1) is 12.1. The van der Waals surface area contributed by atoms with Gasteiger partial charge in [-0.15, -0.1) is 0 Å². The molecule has 0 radical (unpaired) electrons. The molecule has 1 heterocycles. The highest BCUT2D eigenvalue weighted by Gasteiger charge is 2.14. The predicted octanol–water partition coefficient (Wildman–Crippen LogP) is 2.14. The number of rotatable bonds is 7. The Bertz CT molecular complexity index is 674. The van der Waals surface area contributed by atoms with Gasteiger partial charge in [-0.2, -0.15) is 0 Å². The van der Waals surface area contributed by atoms with E-state index in [9.17, 15) is 4.79 Å². The van der Waals surface area contributed by atoms with Crippen LogP contribution in [0.15, 0.2) is 47.1 Å². The molecule has 0 saturated heterocycles. The summed E-state index contributed by atoms with van der Waals surface area (Å²) in [5.41, 5.74) is 5.11. The molecule has 1 aromatic carbocycles. The number of amides is 1. The van der Waals surface area contributed by atoms with Crippen molar-refractivity contribution in [3.8, 4) is 11.5 Å². The maximum atomic E-state index is 12.0. The largest absolute Gasteiger partial charge is 0.494 e. The summed E-state index contributed by atoms with van der Waals surface area (Å²) in [5, 5.41) is 3.18. The zero-order valence-electron chi connectivity index (χ0n) is 14.1. The maximum Gasteiger partial charge on any atom is 0.279 e. The fraction of sp³-hybridized carbons (Fsp3) is 0.294. The summed E-state index contributed by atoms with van der Waals surface area (Å²) >= 11 is 5.07. The van der Waals surface area contributed by atoms with Crippen LogP contribution in [-0.2, 0) is 11.3 Å². The topological polar surface area (TPSA) is 84.8 Å². The standard InChI is InChI=1S/C17H21N3O4S/c1-3-22-13-6-8-14(9-7-13)24-12(2)16(21)19-20-17(25)18-11-15-5-4-10-23-15/h4-10,12H,3,11H2,1-2H3,(H,19,21)(H2,18,20,25)/t12-/m1/s1. The Morgan fingerprint density at radius 3 is 2.56 bits per heavy atom. The minimum absolute atomic E-state index is 0.276. The molecule has 25 heavy (non-hydrogen) atoms. The average molecular weight is 363 g/mol. The zero-order valence-corrected chi connectivity index (χ0v) is 14.9. The summed E-state index contributed by atoms with van der Waals surface area (Å²) in [7, 11) is 0. The number of ether oxygens (including phenoxy) is 2. The molecule has 2 rings (SSSR count). The van der Waals surface area contributed by atoms with E-state index in [0.717, 1.165) is 11.5 Å². The molecule has 134 valence electrons. The Balaban J connectivity index is 1.71. The highest BCUT2D eigenvalue weighted by Crippen LogP contribution is 2.18. The van der Waals surface area contributed by atoms with Gasteiger partial charge in [0.2, 0.25) is 0 Å². The van der Waals surface area contributed by atoms with Crippen LogP contribution >= 0.6 is 12.2 Å². The minimum atomic E-state index is -0.696. The highest BCUT2D eigenvalue weighted by atomic mass is 32.1. The van der Waals surface area contributed by atoms with Crippen LogP contribution in [0, 0.1) is 0 Å². The lowest BCUT2D eigenvalue weighted by Gasteiger charge is -2.16. The van der Waals surface area contributed by atoms with Crippen molar-refractivity contribution in [3.05, 3.63) is 48.4 Å². The Hall–Kier alpha value is -2.74. The van der Waals surface area contributed by atoms with Gasteiger partial charge >= 0.3 is 0 Å². The smallest absolute Gasteiger partial charge is 0.279 e. The molecule has 8 heteroatoms. The van der Waals surface area contributed by atoms with Gasteiger partial charge in [0.25, 0.3) is 5.91 Å². The van der Waals surface area contributed by atoms with Crippen molar-refractivity contribution < 1.29 is 18.7 Å². The third kappa shape index (κ3) is 6.34. The first kappa shape index (κ1) is 18.6. The molecule has 0 unspecified atom stereocenters. The zero-order chi connectivity index (χ0) is 18.1. The van der Waals surface area contributed by atoms with Crippen LogP contribution in [0.2, 0.25) is 0 Å². The lowest BCUT2D eigenvalue weighted by atomic mass is 10.3. The van der Waals surface area contributed by atoms with Crippen LogP contribution in [0.1, 0.15) is 19.6 Å². The van der Waals surface area contributed by atoms with E-state index >= 15 is 0 Å². The molecule has 1 aromatic heterocycles. The fourth-order valence-corrected chi connectivity index (χ4v) is 2.01. The van der Waals surface area contributed by atoms with Gasteiger partial charge < -0.3 is 19.2 Å². The van der Waals surface area contributed by atoms with E-state index in [1.54, 1.807) is 43.5 Å². The summed E-state index contributed by atoms with van der Waals surface area (Å²) < 4.78 is 16.1. The quantitative estimate of drug-likeness (QED) is 0.513. The van der Waals surface area contributed by atoms with Crippen molar-refractivity contribution in [2.45, 2.75) is 26.5 Å². The minimum Gasteiger partial charge on any atom is -0.494 e. The van der Waals surface area contributed by atoms with E-state index in [2.05, 4.69) is 16.2 Å². The number of nitrogens with one attached hydrogen (secondary N) is 3. The average Bonchev–Trinajstić information content (AvgIpc) is 3.13. The van der Waals surface area contributed by atoms with Crippen molar-refractivity contribution >= 4 is 23.2 Å². The highest BCUT2D eigenvalue weighted by molar-refractivity contribution is 7.80. The number of benzene rings is 1. The van der Waals surface area contributed by atoms with Crippen molar-refractivity contribution in [2.75, 3.05) is 6.61 Å². The molecule has 7 nitrogen and oxygen atoms in total. The number of hydrogen-bond acceptors (Lipinski definition) is 5. The lowest BCUT2D eigenvalue weighted by molar-refractivity contribution is -0.127. The monoisotopic (exact) mass is 363 g/mol. The Morgan fingerprint density at radius 1 is 1.20 bits per heavy atom. The van der Waals surface area contributed by atoms with Crippen LogP contribution in [-0.4, -0.2) is 23.7 Å². The summed E-state index contributed by atoms with van der Waals surface area (Å²) in [5.74, 6) is 1.71. The van der Waals surface area contributed by atoms with Gasteiger partial charge in [-0.05, 0) is 62.5 Å². The van der Waals surface area contributed by atoms with E-state index in [4.69, 9.17) is 26.1 Å². The molecule has 0 bridgehead atoms. The maximum absolute atomic E-state index is 12.0. The van der Waals surface area contributed by atoms with Gasteiger partial charge in [0, 0.05) is 0 Å². The summed E-state index contributed by atoms with van der Waals surface area (Å²) in [6, 6.07) is 10.7.